The molecule has 1 amide bonds. The molecule has 1 fully saturated rings. The van der Waals surface area contributed by atoms with E-state index in [1.54, 1.807) is 0 Å². The number of nitrogens with zero attached hydrogens (tertiary/aromatic N) is 2. The number of aldehydes is 1. The van der Waals surface area contributed by atoms with Crippen LogP contribution < -0.4 is 10.5 Å². The van der Waals surface area contributed by atoms with E-state index < -0.39 is 10.6 Å². The van der Waals surface area contributed by atoms with Gasteiger partial charge in [-0.1, -0.05) is 24.4 Å². The summed E-state index contributed by atoms with van der Waals surface area (Å²) in [6.45, 7) is 2.05. The summed E-state index contributed by atoms with van der Waals surface area (Å²) in [7, 11) is 0. The highest BCUT2D eigenvalue weighted by Gasteiger charge is 2.25. The normalized spacial score (nSPS) is 15.8. The van der Waals surface area contributed by atoms with Gasteiger partial charge < -0.3 is 10.5 Å². The number of nitrogens with two attached hydrogens (primary N) is 1. The van der Waals surface area contributed by atoms with Crippen LogP contribution in [-0.2, 0) is 4.79 Å². The van der Waals surface area contributed by atoms with Crippen molar-refractivity contribution in [3.05, 3.63) is 32.8 Å². The summed E-state index contributed by atoms with van der Waals surface area (Å²) in [6.07, 6.45) is 6.72. The molecule has 0 radical (unpaired) electrons. The maximum Gasteiger partial charge on any atom is 0.322 e. The second-order valence-corrected chi connectivity index (χ2v) is 7.31. The molecule has 28 heavy (non-hydrogen) atoms. The number of benzene rings is 1. The van der Waals surface area contributed by atoms with E-state index >= 15 is 0 Å². The van der Waals surface area contributed by atoms with Gasteiger partial charge in [-0.25, -0.2) is 0 Å². The van der Waals surface area contributed by atoms with Gasteiger partial charge in [-0.3, -0.25) is 24.6 Å². The number of halogens is 1. The van der Waals surface area contributed by atoms with Gasteiger partial charge in [-0.15, -0.1) is 0 Å². The van der Waals surface area contributed by atoms with Crippen molar-refractivity contribution in [3.63, 3.8) is 0 Å². The van der Waals surface area contributed by atoms with Crippen LogP contribution in [0.4, 0.5) is 5.69 Å². The predicted molar refractivity (Wildman–Crippen MR) is 106 cm³/mol. The van der Waals surface area contributed by atoms with Gasteiger partial charge in [-0.05, 0) is 57.3 Å². The topological polar surface area (TPSA) is 116 Å². The smallest absolute Gasteiger partial charge is 0.322 e. The van der Waals surface area contributed by atoms with Gasteiger partial charge in [0.05, 0.1) is 28.2 Å². The van der Waals surface area contributed by atoms with Crippen LogP contribution in [0, 0.1) is 10.1 Å². The summed E-state index contributed by atoms with van der Waals surface area (Å²) in [5.74, 6) is -0.370. The third-order valence-corrected chi connectivity index (χ3v) is 5.25. The summed E-state index contributed by atoms with van der Waals surface area (Å²) < 4.78 is 5.51. The Labute approximate surface area is 169 Å². The van der Waals surface area contributed by atoms with Crippen LogP contribution in [0.5, 0.6) is 5.75 Å². The summed E-state index contributed by atoms with van der Waals surface area (Å²) in [5, 5.41) is 11.3. The number of ether oxygens (including phenoxy) is 1. The number of likely N-dealkylation sites (tertiary alicyclic amines) is 1. The first-order chi connectivity index (χ1) is 13.5. The Morgan fingerprint density at radius 3 is 2.61 bits per heavy atom. The predicted octanol–water partition coefficient (Wildman–Crippen LogP) is 3.34. The van der Waals surface area contributed by atoms with Crippen molar-refractivity contribution in [1.82, 2.24) is 4.90 Å². The van der Waals surface area contributed by atoms with Crippen molar-refractivity contribution < 1.29 is 19.2 Å². The van der Waals surface area contributed by atoms with Gasteiger partial charge in [0.15, 0.2) is 6.29 Å². The molecule has 9 heteroatoms. The van der Waals surface area contributed by atoms with E-state index in [4.69, 9.17) is 22.1 Å². The number of nitro groups is 1. The van der Waals surface area contributed by atoms with Crippen LogP contribution >= 0.6 is 11.6 Å². The highest BCUT2D eigenvalue weighted by atomic mass is 35.5. The lowest BCUT2D eigenvalue weighted by Crippen LogP contribution is -2.47. The zero-order valence-electron chi connectivity index (χ0n) is 15.8. The second kappa shape index (κ2) is 11.0. The molecular weight excluding hydrogens is 386 g/mol. The number of nitro benzene ring substituents is 1. The largest absolute Gasteiger partial charge is 0.486 e. The average molecular weight is 412 g/mol. The molecule has 1 aliphatic rings. The third-order valence-electron chi connectivity index (χ3n) is 4.95. The Morgan fingerprint density at radius 2 is 2.00 bits per heavy atom. The molecule has 1 aliphatic heterocycles. The number of unbranched alkanes of at least 4 members (excludes halogenated alkanes) is 2. The number of hydrogen-bond donors (Lipinski definition) is 1. The van der Waals surface area contributed by atoms with Crippen molar-refractivity contribution in [3.8, 4) is 5.75 Å². The second-order valence-electron chi connectivity index (χ2n) is 6.90. The average Bonchev–Trinajstić information content (AvgIpc) is 2.68. The summed E-state index contributed by atoms with van der Waals surface area (Å²) in [4.78, 5) is 35.5. The Bertz CT molecular complexity index is 707. The Balaban J connectivity index is 1.82. The summed E-state index contributed by atoms with van der Waals surface area (Å²) >= 11 is 6.00. The number of piperidine rings is 1. The fraction of sp³-hybridized carbons (Fsp3) is 0.579. The number of carbonyl (C=O) groups excluding carboxylic acids is 2. The molecule has 1 unspecified atom stereocenters. The molecule has 0 aromatic heterocycles. The van der Waals surface area contributed by atoms with Crippen molar-refractivity contribution in [2.24, 2.45) is 5.73 Å². The molecule has 0 aliphatic carbocycles. The van der Waals surface area contributed by atoms with Gasteiger partial charge in [-0.2, -0.15) is 0 Å². The standard InChI is InChI=1S/C19H26ClN3O5/c20-15-9-8-14(13-24)17(23(26)27)18(15)28-12-6-1-3-7-16(19(21)25)22-10-4-2-5-11-22/h8-9,13,16H,1-7,10-12H2,(H2,21,25). The van der Waals surface area contributed by atoms with E-state index in [0.29, 0.717) is 19.1 Å². The van der Waals surface area contributed by atoms with Crippen LogP contribution in [0.3, 0.4) is 0 Å². The first-order valence-electron chi connectivity index (χ1n) is 9.54. The van der Waals surface area contributed by atoms with E-state index in [1.807, 2.05) is 0 Å². The SMILES string of the molecule is NC(=O)C(CCCCCOc1c(Cl)ccc(C=O)c1[N+](=O)[O-])N1CCCCC1. The zero-order valence-corrected chi connectivity index (χ0v) is 16.5. The van der Waals surface area contributed by atoms with Crippen LogP contribution in [-0.4, -0.2) is 47.8 Å². The molecule has 0 spiro atoms. The highest BCUT2D eigenvalue weighted by molar-refractivity contribution is 6.32. The van der Waals surface area contributed by atoms with Crippen LogP contribution in [0.1, 0.15) is 55.3 Å². The lowest BCUT2D eigenvalue weighted by atomic mass is 10.0. The van der Waals surface area contributed by atoms with Crippen molar-refractivity contribution in [2.75, 3.05) is 19.7 Å². The van der Waals surface area contributed by atoms with Crippen molar-refractivity contribution in [2.45, 2.75) is 51.0 Å². The van der Waals surface area contributed by atoms with Crippen LogP contribution in [0.15, 0.2) is 12.1 Å². The zero-order chi connectivity index (χ0) is 20.5. The lowest BCUT2D eigenvalue weighted by molar-refractivity contribution is -0.386. The van der Waals surface area contributed by atoms with E-state index in [-0.39, 0.29) is 34.9 Å². The minimum atomic E-state index is -0.666. The molecule has 1 atom stereocenters. The maximum absolute atomic E-state index is 11.8. The number of amides is 1. The van der Waals surface area contributed by atoms with E-state index in [2.05, 4.69) is 4.90 Å². The molecule has 1 aromatic rings. The van der Waals surface area contributed by atoms with Crippen molar-refractivity contribution in [1.29, 1.82) is 0 Å². The first kappa shape index (κ1) is 22.1. The Kier molecular flexibility index (Phi) is 8.66. The summed E-state index contributed by atoms with van der Waals surface area (Å²) in [5.41, 5.74) is 5.07. The van der Waals surface area contributed by atoms with E-state index in [1.165, 1.54) is 18.6 Å². The van der Waals surface area contributed by atoms with Gasteiger partial charge in [0.25, 0.3) is 0 Å². The van der Waals surface area contributed by atoms with Crippen LogP contribution in [0.25, 0.3) is 0 Å². The molecule has 2 N–H and O–H groups in total. The number of carbonyl (C=O) groups is 2. The van der Waals surface area contributed by atoms with Gasteiger partial charge in [0.2, 0.25) is 11.7 Å². The number of rotatable bonds is 11. The molecule has 8 nitrogen and oxygen atoms in total. The molecule has 0 bridgehead atoms. The molecule has 2 rings (SSSR count). The Morgan fingerprint density at radius 1 is 1.29 bits per heavy atom. The van der Waals surface area contributed by atoms with Crippen molar-refractivity contribution >= 4 is 29.5 Å². The monoisotopic (exact) mass is 411 g/mol. The third kappa shape index (κ3) is 5.90. The number of hydrogen-bond acceptors (Lipinski definition) is 6. The quantitative estimate of drug-likeness (QED) is 0.258. The molecule has 1 aromatic carbocycles. The van der Waals surface area contributed by atoms with E-state index in [0.717, 1.165) is 38.8 Å². The molecule has 0 saturated carbocycles. The minimum Gasteiger partial charge on any atom is -0.486 e. The van der Waals surface area contributed by atoms with E-state index in [9.17, 15) is 19.7 Å². The summed E-state index contributed by atoms with van der Waals surface area (Å²) in [6, 6.07) is 2.47. The fourth-order valence-corrected chi connectivity index (χ4v) is 3.72. The molecular formula is C19H26ClN3O5. The van der Waals surface area contributed by atoms with Gasteiger partial charge in [0, 0.05) is 0 Å². The maximum atomic E-state index is 11.8. The highest BCUT2D eigenvalue weighted by Crippen LogP contribution is 2.37. The lowest BCUT2D eigenvalue weighted by Gasteiger charge is -2.32. The minimum absolute atomic E-state index is 0.0739. The Hall–Kier alpha value is -2.19. The van der Waals surface area contributed by atoms with Gasteiger partial charge in [0.1, 0.15) is 0 Å². The molecule has 154 valence electrons. The van der Waals surface area contributed by atoms with Crippen LogP contribution in [0.2, 0.25) is 5.02 Å². The fourth-order valence-electron chi connectivity index (χ4n) is 3.51. The van der Waals surface area contributed by atoms with Gasteiger partial charge >= 0.3 is 5.69 Å². The number of primary amides is 1. The first-order valence-corrected chi connectivity index (χ1v) is 9.91. The molecule has 1 saturated heterocycles. The molecule has 1 heterocycles.